The molecule has 0 N–H and O–H groups in total. The second-order valence-electron chi connectivity index (χ2n) is 4.54. The summed E-state index contributed by atoms with van der Waals surface area (Å²) in [6, 6.07) is 1.79. The lowest BCUT2D eigenvalue weighted by molar-refractivity contribution is 0.767. The van der Waals surface area contributed by atoms with Crippen LogP contribution in [0.2, 0.25) is 5.15 Å². The maximum atomic E-state index is 6.03. The Morgan fingerprint density at radius 2 is 2.24 bits per heavy atom. The number of halogens is 1. The number of rotatable bonds is 3. The van der Waals surface area contributed by atoms with Gasteiger partial charge in [-0.05, 0) is 18.8 Å². The van der Waals surface area contributed by atoms with Gasteiger partial charge in [0.05, 0.1) is 11.9 Å². The minimum absolute atomic E-state index is 0.509. The third-order valence-electron chi connectivity index (χ3n) is 2.91. The molecule has 2 heterocycles. The third kappa shape index (κ3) is 2.47. The number of aryl methyl sites for hydroxylation is 1. The monoisotopic (exact) mass is 248 g/mol. The van der Waals surface area contributed by atoms with Crippen LogP contribution in [0.4, 0.5) is 0 Å². The summed E-state index contributed by atoms with van der Waals surface area (Å²) in [5, 5.41) is 4.65. The summed E-state index contributed by atoms with van der Waals surface area (Å²) in [7, 11) is 1.89. The molecule has 0 aromatic carbocycles. The Hall–Kier alpha value is -1.42. The van der Waals surface area contributed by atoms with Crippen molar-refractivity contribution >= 4 is 11.6 Å². The van der Waals surface area contributed by atoms with Crippen molar-refractivity contribution in [2.45, 2.75) is 19.3 Å². The van der Waals surface area contributed by atoms with Crippen LogP contribution in [0.25, 0.3) is 11.3 Å². The fourth-order valence-electron chi connectivity index (χ4n) is 1.84. The Balaban J connectivity index is 1.95. The first-order chi connectivity index (χ1) is 8.20. The first kappa shape index (κ1) is 10.7. The molecular formula is C12H13ClN4. The molecule has 17 heavy (non-hydrogen) atoms. The molecule has 0 spiro atoms. The van der Waals surface area contributed by atoms with Gasteiger partial charge in [0.15, 0.2) is 0 Å². The molecule has 88 valence electrons. The largest absolute Gasteiger partial charge is 0.275 e. The molecular weight excluding hydrogens is 236 g/mol. The van der Waals surface area contributed by atoms with E-state index in [1.807, 2.05) is 13.2 Å². The maximum Gasteiger partial charge on any atom is 0.133 e. The highest BCUT2D eigenvalue weighted by molar-refractivity contribution is 6.29. The molecule has 1 saturated carbocycles. The summed E-state index contributed by atoms with van der Waals surface area (Å²) >= 11 is 6.03. The predicted molar refractivity (Wildman–Crippen MR) is 65.7 cm³/mol. The fraction of sp³-hybridized carbons (Fsp3) is 0.417. The highest BCUT2D eigenvalue weighted by atomic mass is 35.5. The lowest BCUT2D eigenvalue weighted by Gasteiger charge is -2.02. The number of hydrogen-bond acceptors (Lipinski definition) is 3. The van der Waals surface area contributed by atoms with Crippen LogP contribution in [-0.4, -0.2) is 19.7 Å². The molecule has 0 radical (unpaired) electrons. The molecule has 2 aromatic heterocycles. The summed E-state index contributed by atoms with van der Waals surface area (Å²) < 4.78 is 1.76. The SMILES string of the molecule is Cn1cc(-c2cc(Cl)nc(CC3CC3)n2)cn1. The smallest absolute Gasteiger partial charge is 0.133 e. The third-order valence-corrected chi connectivity index (χ3v) is 3.10. The molecule has 0 aliphatic heterocycles. The van der Waals surface area contributed by atoms with Crippen molar-refractivity contribution in [3.8, 4) is 11.3 Å². The molecule has 5 heteroatoms. The van der Waals surface area contributed by atoms with Crippen LogP contribution in [0.3, 0.4) is 0 Å². The van der Waals surface area contributed by atoms with Gasteiger partial charge in [-0.1, -0.05) is 11.6 Å². The van der Waals surface area contributed by atoms with E-state index in [1.54, 1.807) is 16.9 Å². The van der Waals surface area contributed by atoms with Crippen molar-refractivity contribution in [2.24, 2.45) is 13.0 Å². The molecule has 3 rings (SSSR count). The zero-order chi connectivity index (χ0) is 11.8. The van der Waals surface area contributed by atoms with Gasteiger partial charge in [-0.3, -0.25) is 4.68 Å². The average molecular weight is 249 g/mol. The molecule has 2 aromatic rings. The molecule has 0 amide bonds. The second kappa shape index (κ2) is 4.11. The minimum atomic E-state index is 0.509. The van der Waals surface area contributed by atoms with Crippen LogP contribution in [0, 0.1) is 5.92 Å². The van der Waals surface area contributed by atoms with Crippen LogP contribution in [0.15, 0.2) is 18.5 Å². The Bertz CT molecular complexity index is 545. The van der Waals surface area contributed by atoms with E-state index in [0.717, 1.165) is 29.4 Å². The van der Waals surface area contributed by atoms with Crippen LogP contribution in [0.5, 0.6) is 0 Å². The van der Waals surface area contributed by atoms with Gasteiger partial charge in [-0.25, -0.2) is 9.97 Å². The number of hydrogen-bond donors (Lipinski definition) is 0. The van der Waals surface area contributed by atoms with Crippen LogP contribution in [0.1, 0.15) is 18.7 Å². The zero-order valence-electron chi connectivity index (χ0n) is 9.60. The van der Waals surface area contributed by atoms with Gasteiger partial charge in [-0.2, -0.15) is 5.10 Å². The first-order valence-electron chi connectivity index (χ1n) is 5.73. The summed E-state index contributed by atoms with van der Waals surface area (Å²) in [4.78, 5) is 8.82. The summed E-state index contributed by atoms with van der Waals surface area (Å²) in [6.07, 6.45) is 7.24. The fourth-order valence-corrected chi connectivity index (χ4v) is 2.04. The Morgan fingerprint density at radius 1 is 1.41 bits per heavy atom. The Morgan fingerprint density at radius 3 is 2.88 bits per heavy atom. The van der Waals surface area contributed by atoms with E-state index in [1.165, 1.54) is 12.8 Å². The predicted octanol–water partition coefficient (Wildman–Crippen LogP) is 2.48. The van der Waals surface area contributed by atoms with E-state index in [4.69, 9.17) is 11.6 Å². The lowest BCUT2D eigenvalue weighted by Crippen LogP contribution is -1.98. The van der Waals surface area contributed by atoms with Crippen molar-refractivity contribution in [1.29, 1.82) is 0 Å². The van der Waals surface area contributed by atoms with Gasteiger partial charge in [-0.15, -0.1) is 0 Å². The van der Waals surface area contributed by atoms with Crippen molar-refractivity contribution in [1.82, 2.24) is 19.7 Å². The van der Waals surface area contributed by atoms with Gasteiger partial charge in [0.2, 0.25) is 0 Å². The van der Waals surface area contributed by atoms with Crippen LogP contribution < -0.4 is 0 Å². The summed E-state index contributed by atoms with van der Waals surface area (Å²) in [5.74, 6) is 1.61. The van der Waals surface area contributed by atoms with E-state index in [0.29, 0.717) is 5.15 Å². The van der Waals surface area contributed by atoms with E-state index in [2.05, 4.69) is 15.1 Å². The molecule has 0 atom stereocenters. The second-order valence-corrected chi connectivity index (χ2v) is 4.93. The van der Waals surface area contributed by atoms with E-state index >= 15 is 0 Å². The quantitative estimate of drug-likeness (QED) is 0.784. The topological polar surface area (TPSA) is 43.6 Å². The van der Waals surface area contributed by atoms with Crippen LogP contribution >= 0.6 is 11.6 Å². The van der Waals surface area contributed by atoms with Crippen molar-refractivity contribution in [2.75, 3.05) is 0 Å². The highest BCUT2D eigenvalue weighted by Gasteiger charge is 2.23. The van der Waals surface area contributed by atoms with Gasteiger partial charge in [0.25, 0.3) is 0 Å². The normalized spacial score (nSPS) is 15.2. The van der Waals surface area contributed by atoms with E-state index in [-0.39, 0.29) is 0 Å². The van der Waals surface area contributed by atoms with Crippen molar-refractivity contribution < 1.29 is 0 Å². The molecule has 0 saturated heterocycles. The van der Waals surface area contributed by atoms with Gasteiger partial charge >= 0.3 is 0 Å². The Labute approximate surface area is 105 Å². The van der Waals surface area contributed by atoms with Gasteiger partial charge in [0, 0.05) is 31.3 Å². The maximum absolute atomic E-state index is 6.03. The zero-order valence-corrected chi connectivity index (χ0v) is 10.4. The van der Waals surface area contributed by atoms with Gasteiger partial charge < -0.3 is 0 Å². The summed E-state index contributed by atoms with van der Waals surface area (Å²) in [5.41, 5.74) is 1.84. The molecule has 4 nitrogen and oxygen atoms in total. The molecule has 1 fully saturated rings. The minimum Gasteiger partial charge on any atom is -0.275 e. The lowest BCUT2D eigenvalue weighted by atomic mass is 10.2. The number of nitrogens with zero attached hydrogens (tertiary/aromatic N) is 4. The van der Waals surface area contributed by atoms with Crippen molar-refractivity contribution in [3.05, 3.63) is 29.4 Å². The highest BCUT2D eigenvalue weighted by Crippen LogP contribution is 2.32. The van der Waals surface area contributed by atoms with E-state index < -0.39 is 0 Å². The molecule has 1 aliphatic carbocycles. The standard InChI is InChI=1S/C12H13ClN4/c1-17-7-9(6-14-17)10-5-11(13)16-12(15-10)4-8-2-3-8/h5-8H,2-4H2,1H3. The van der Waals surface area contributed by atoms with E-state index in [9.17, 15) is 0 Å². The number of aromatic nitrogens is 4. The molecule has 1 aliphatic rings. The first-order valence-corrected chi connectivity index (χ1v) is 6.11. The van der Waals surface area contributed by atoms with Crippen molar-refractivity contribution in [3.63, 3.8) is 0 Å². The molecule has 0 bridgehead atoms. The van der Waals surface area contributed by atoms with Crippen LogP contribution in [-0.2, 0) is 13.5 Å². The van der Waals surface area contributed by atoms with Gasteiger partial charge in [0.1, 0.15) is 11.0 Å². The summed E-state index contributed by atoms with van der Waals surface area (Å²) in [6.45, 7) is 0. The molecule has 0 unspecified atom stereocenters. The Kier molecular flexibility index (Phi) is 2.59. The average Bonchev–Trinajstić information content (AvgIpc) is 2.97.